The minimum atomic E-state index is -0.301. The summed E-state index contributed by atoms with van der Waals surface area (Å²) < 4.78 is 11.2. The fourth-order valence-electron chi connectivity index (χ4n) is 4.15. The lowest BCUT2D eigenvalue weighted by atomic mass is 9.92. The van der Waals surface area contributed by atoms with E-state index >= 15 is 0 Å². The Balaban J connectivity index is 1.76. The van der Waals surface area contributed by atoms with E-state index in [1.165, 1.54) is 19.3 Å². The first-order valence-electron chi connectivity index (χ1n) is 9.38. The second kappa shape index (κ2) is 9.02. The Morgan fingerprint density at radius 1 is 1.16 bits per heavy atom. The molecule has 2 aliphatic rings. The van der Waals surface area contributed by atoms with Crippen molar-refractivity contribution in [2.24, 2.45) is 5.92 Å². The van der Waals surface area contributed by atoms with Gasteiger partial charge in [-0.05, 0) is 25.3 Å². The molecule has 2 unspecified atom stereocenters. The van der Waals surface area contributed by atoms with Crippen LogP contribution < -0.4 is 0 Å². The summed E-state index contributed by atoms with van der Waals surface area (Å²) in [4.78, 5) is 15.2. The molecule has 3 rings (SSSR count). The maximum Gasteiger partial charge on any atom is 0.228 e. The van der Waals surface area contributed by atoms with Gasteiger partial charge in [0.1, 0.15) is 0 Å². The van der Waals surface area contributed by atoms with Crippen molar-refractivity contribution in [2.75, 3.05) is 26.9 Å². The number of benzene rings is 1. The largest absolute Gasteiger partial charge is 0.382 e. The van der Waals surface area contributed by atoms with Gasteiger partial charge in [-0.2, -0.15) is 0 Å². The van der Waals surface area contributed by atoms with Crippen LogP contribution in [0.15, 0.2) is 24.3 Å². The molecule has 1 saturated heterocycles. The third-order valence-electron chi connectivity index (χ3n) is 5.46. The van der Waals surface area contributed by atoms with Crippen LogP contribution >= 0.6 is 11.6 Å². The van der Waals surface area contributed by atoms with E-state index in [-0.39, 0.29) is 17.9 Å². The lowest BCUT2D eigenvalue weighted by Crippen LogP contribution is -2.39. The lowest BCUT2D eigenvalue weighted by Gasteiger charge is -2.32. The molecule has 0 radical (unpaired) electrons. The molecular weight excluding hydrogens is 338 g/mol. The fraction of sp³-hybridized carbons (Fsp3) is 0.650. The van der Waals surface area contributed by atoms with Crippen LogP contribution in [0.2, 0.25) is 5.02 Å². The number of hydrogen-bond acceptors (Lipinski definition) is 3. The summed E-state index contributed by atoms with van der Waals surface area (Å²) in [5.41, 5.74) is 0.907. The number of halogens is 1. The average molecular weight is 366 g/mol. The van der Waals surface area contributed by atoms with Crippen LogP contribution in [-0.4, -0.2) is 43.7 Å². The maximum absolute atomic E-state index is 13.1. The van der Waals surface area contributed by atoms with Gasteiger partial charge in [-0.15, -0.1) is 0 Å². The number of carbonyl (C=O) groups is 1. The van der Waals surface area contributed by atoms with Crippen LogP contribution in [0.25, 0.3) is 0 Å². The van der Waals surface area contributed by atoms with E-state index in [0.29, 0.717) is 24.3 Å². The number of hydrogen-bond donors (Lipinski definition) is 0. The molecule has 1 heterocycles. The third-order valence-corrected chi connectivity index (χ3v) is 5.80. The number of methoxy groups -OCH3 is 1. The van der Waals surface area contributed by atoms with E-state index in [2.05, 4.69) is 4.90 Å². The Morgan fingerprint density at radius 2 is 1.92 bits per heavy atom. The molecule has 0 bridgehead atoms. The Hall–Kier alpha value is -1.10. The van der Waals surface area contributed by atoms with Crippen LogP contribution in [0, 0.1) is 5.92 Å². The first-order chi connectivity index (χ1) is 12.2. The smallest absolute Gasteiger partial charge is 0.228 e. The van der Waals surface area contributed by atoms with Crippen molar-refractivity contribution in [1.82, 2.24) is 4.90 Å². The van der Waals surface area contributed by atoms with E-state index in [1.807, 2.05) is 24.3 Å². The molecule has 4 nitrogen and oxygen atoms in total. The number of ether oxygens (including phenoxy) is 2. The molecule has 0 aromatic heterocycles. The van der Waals surface area contributed by atoms with Crippen LogP contribution in [0.3, 0.4) is 0 Å². The zero-order chi connectivity index (χ0) is 17.6. The van der Waals surface area contributed by atoms with Crippen LogP contribution in [0.4, 0.5) is 0 Å². The zero-order valence-corrected chi connectivity index (χ0v) is 15.7. The summed E-state index contributed by atoms with van der Waals surface area (Å²) in [7, 11) is 1.65. The van der Waals surface area contributed by atoms with Crippen molar-refractivity contribution in [3.05, 3.63) is 34.9 Å². The standard InChI is InChI=1S/C20H28ClNO3/c1-24-13-14-25-19(16-9-5-6-10-18(16)21)17-11-12-22(20(17)23)15-7-3-2-4-8-15/h5-6,9-10,15,17,19H,2-4,7-8,11-14H2,1H3. The first kappa shape index (κ1) is 18.7. The first-order valence-corrected chi connectivity index (χ1v) is 9.75. The van der Waals surface area contributed by atoms with Gasteiger partial charge in [-0.1, -0.05) is 49.1 Å². The molecule has 0 N–H and O–H groups in total. The third kappa shape index (κ3) is 4.36. The predicted molar refractivity (Wildman–Crippen MR) is 98.7 cm³/mol. The van der Waals surface area contributed by atoms with Crippen molar-refractivity contribution >= 4 is 17.5 Å². The van der Waals surface area contributed by atoms with Gasteiger partial charge in [-0.3, -0.25) is 4.79 Å². The average Bonchev–Trinajstić information content (AvgIpc) is 3.02. The van der Waals surface area contributed by atoms with Gasteiger partial charge in [0.25, 0.3) is 0 Å². The Labute approximate surface area is 155 Å². The zero-order valence-electron chi connectivity index (χ0n) is 15.0. The highest BCUT2D eigenvalue weighted by atomic mass is 35.5. The van der Waals surface area contributed by atoms with Gasteiger partial charge in [0.05, 0.1) is 25.2 Å². The second-order valence-corrected chi connectivity index (χ2v) is 7.43. The summed E-state index contributed by atoms with van der Waals surface area (Å²) in [5, 5.41) is 0.661. The molecule has 138 valence electrons. The summed E-state index contributed by atoms with van der Waals surface area (Å²) in [6.45, 7) is 1.80. The predicted octanol–water partition coefficient (Wildman–Crippen LogP) is 4.23. The van der Waals surface area contributed by atoms with Gasteiger partial charge in [0, 0.05) is 30.3 Å². The maximum atomic E-state index is 13.1. The van der Waals surface area contributed by atoms with Crippen LogP contribution in [-0.2, 0) is 14.3 Å². The summed E-state index contributed by atoms with van der Waals surface area (Å²) in [6.07, 6.45) is 6.57. The van der Waals surface area contributed by atoms with Crippen molar-refractivity contribution in [3.63, 3.8) is 0 Å². The van der Waals surface area contributed by atoms with Crippen LogP contribution in [0.1, 0.15) is 50.2 Å². The molecule has 1 aromatic rings. The van der Waals surface area contributed by atoms with Gasteiger partial charge < -0.3 is 14.4 Å². The molecule has 2 atom stereocenters. The van der Waals surface area contributed by atoms with Crippen molar-refractivity contribution in [1.29, 1.82) is 0 Å². The van der Waals surface area contributed by atoms with E-state index < -0.39 is 0 Å². The monoisotopic (exact) mass is 365 g/mol. The van der Waals surface area contributed by atoms with Gasteiger partial charge >= 0.3 is 0 Å². The Bertz CT molecular complexity index is 574. The molecule has 1 aromatic carbocycles. The number of amides is 1. The highest BCUT2D eigenvalue weighted by Crippen LogP contribution is 2.39. The topological polar surface area (TPSA) is 38.8 Å². The van der Waals surface area contributed by atoms with Crippen LogP contribution in [0.5, 0.6) is 0 Å². The minimum absolute atomic E-state index is 0.154. The Kier molecular flexibility index (Phi) is 6.74. The number of likely N-dealkylation sites (tertiary alicyclic amines) is 1. The van der Waals surface area contributed by atoms with Gasteiger partial charge in [0.2, 0.25) is 5.91 Å². The Morgan fingerprint density at radius 3 is 2.64 bits per heavy atom. The summed E-state index contributed by atoms with van der Waals surface area (Å²) in [5.74, 6) is 0.0768. The highest BCUT2D eigenvalue weighted by molar-refractivity contribution is 6.31. The molecule has 25 heavy (non-hydrogen) atoms. The summed E-state index contributed by atoms with van der Waals surface area (Å²) in [6, 6.07) is 8.10. The summed E-state index contributed by atoms with van der Waals surface area (Å²) >= 11 is 6.41. The number of rotatable bonds is 7. The molecule has 1 aliphatic heterocycles. The van der Waals surface area contributed by atoms with E-state index in [4.69, 9.17) is 21.1 Å². The molecule has 1 aliphatic carbocycles. The van der Waals surface area contributed by atoms with Gasteiger partial charge in [0.15, 0.2) is 0 Å². The molecule has 0 spiro atoms. The molecule has 1 amide bonds. The fourth-order valence-corrected chi connectivity index (χ4v) is 4.39. The molecular formula is C20H28ClNO3. The molecule has 1 saturated carbocycles. The van der Waals surface area contributed by atoms with E-state index in [9.17, 15) is 4.79 Å². The van der Waals surface area contributed by atoms with E-state index in [0.717, 1.165) is 31.4 Å². The number of carbonyl (C=O) groups excluding carboxylic acids is 1. The second-order valence-electron chi connectivity index (χ2n) is 7.02. The quantitative estimate of drug-likeness (QED) is 0.679. The minimum Gasteiger partial charge on any atom is -0.382 e. The lowest BCUT2D eigenvalue weighted by molar-refractivity contribution is -0.138. The number of nitrogens with zero attached hydrogens (tertiary/aromatic N) is 1. The molecule has 5 heteroatoms. The molecule has 2 fully saturated rings. The normalized spacial score (nSPS) is 23.2. The SMILES string of the molecule is COCCOC(c1ccccc1Cl)C1CCN(C2CCCCC2)C1=O. The van der Waals surface area contributed by atoms with E-state index in [1.54, 1.807) is 7.11 Å². The van der Waals surface area contributed by atoms with Gasteiger partial charge in [-0.25, -0.2) is 0 Å². The van der Waals surface area contributed by atoms with Crippen molar-refractivity contribution in [3.8, 4) is 0 Å². The van der Waals surface area contributed by atoms with Crippen molar-refractivity contribution < 1.29 is 14.3 Å². The highest BCUT2D eigenvalue weighted by Gasteiger charge is 2.41. The van der Waals surface area contributed by atoms with Crippen molar-refractivity contribution in [2.45, 2.75) is 50.7 Å².